The molecule has 3 aromatic carbocycles. The predicted molar refractivity (Wildman–Crippen MR) is 133 cm³/mol. The Kier molecular flexibility index (Phi) is 6.35. The van der Waals surface area contributed by atoms with E-state index in [2.05, 4.69) is 0 Å². The van der Waals surface area contributed by atoms with Gasteiger partial charge in [0.05, 0.1) is 6.10 Å². The van der Waals surface area contributed by atoms with Crippen molar-refractivity contribution in [1.29, 1.82) is 0 Å². The summed E-state index contributed by atoms with van der Waals surface area (Å²) in [4.78, 5) is 28.1. The van der Waals surface area contributed by atoms with Gasteiger partial charge in [-0.25, -0.2) is 9.69 Å². The molecule has 5 rings (SSSR count). The number of nitrogens with zero attached hydrogens (tertiary/aromatic N) is 1. The van der Waals surface area contributed by atoms with Gasteiger partial charge in [0.25, 0.3) is 0 Å². The number of rotatable bonds is 5. The van der Waals surface area contributed by atoms with E-state index >= 15 is 0 Å². The van der Waals surface area contributed by atoms with E-state index < -0.39 is 41.8 Å². The highest BCUT2D eigenvalue weighted by Gasteiger charge is 2.63. The fraction of sp³-hybridized carbons (Fsp3) is 0.259. The fourth-order valence-corrected chi connectivity index (χ4v) is 5.54. The van der Waals surface area contributed by atoms with Gasteiger partial charge in [0, 0.05) is 15.6 Å². The number of carbonyl (C=O) groups excluding carboxylic acids is 2. The Bertz CT molecular complexity index is 1170. The third kappa shape index (κ3) is 4.02. The van der Waals surface area contributed by atoms with Crippen molar-refractivity contribution in [2.75, 3.05) is 4.43 Å². The molecule has 0 bridgehead atoms. The summed E-state index contributed by atoms with van der Waals surface area (Å²) in [6.45, 7) is 0. The maximum Gasteiger partial charge on any atom is 0.418 e. The van der Waals surface area contributed by atoms with Crippen molar-refractivity contribution in [2.45, 2.75) is 30.3 Å². The van der Waals surface area contributed by atoms with Gasteiger partial charge in [0.15, 0.2) is 5.60 Å². The average molecular weight is 589 g/mol. The van der Waals surface area contributed by atoms with Gasteiger partial charge < -0.3 is 9.47 Å². The normalized spacial score (nSPS) is 24.8. The van der Waals surface area contributed by atoms with Crippen LogP contribution < -0.4 is 0 Å². The molecule has 180 valence electrons. The van der Waals surface area contributed by atoms with Crippen molar-refractivity contribution in [2.24, 2.45) is 5.92 Å². The van der Waals surface area contributed by atoms with Crippen LogP contribution in [0, 0.1) is 5.92 Å². The van der Waals surface area contributed by atoms with Gasteiger partial charge in [-0.2, -0.15) is 8.78 Å². The van der Waals surface area contributed by atoms with Gasteiger partial charge in [-0.3, -0.25) is 4.79 Å². The van der Waals surface area contributed by atoms with Crippen molar-refractivity contribution in [3.8, 4) is 0 Å². The summed E-state index contributed by atoms with van der Waals surface area (Å²) in [5, 5.41) is 0. The molecule has 3 unspecified atom stereocenters. The van der Waals surface area contributed by atoms with Crippen molar-refractivity contribution in [3.63, 3.8) is 0 Å². The minimum Gasteiger partial charge on any atom is -0.430 e. The molecule has 3 aromatic rings. The molecule has 3 atom stereocenters. The molecule has 2 aliphatic heterocycles. The lowest BCUT2D eigenvalue weighted by atomic mass is 9.77. The molecular weight excluding hydrogens is 567 g/mol. The first-order valence-electron chi connectivity index (χ1n) is 11.2. The zero-order valence-corrected chi connectivity index (χ0v) is 20.7. The van der Waals surface area contributed by atoms with Crippen LogP contribution in [-0.2, 0) is 19.9 Å². The van der Waals surface area contributed by atoms with Crippen LogP contribution in [0.1, 0.15) is 29.2 Å². The second-order valence-corrected chi connectivity index (χ2v) is 9.48. The van der Waals surface area contributed by atoms with E-state index in [0.29, 0.717) is 21.1 Å². The van der Waals surface area contributed by atoms with Crippen LogP contribution in [0.15, 0.2) is 91.0 Å². The summed E-state index contributed by atoms with van der Waals surface area (Å²) in [5.41, 5.74) is 0.409. The molecule has 8 heteroatoms. The molecule has 0 N–H and O–H groups in total. The van der Waals surface area contributed by atoms with E-state index in [-0.39, 0.29) is 6.42 Å². The second kappa shape index (κ2) is 9.31. The molecule has 35 heavy (non-hydrogen) atoms. The van der Waals surface area contributed by atoms with Gasteiger partial charge in [0.1, 0.15) is 12.0 Å². The molecule has 0 radical (unpaired) electrons. The summed E-state index contributed by atoms with van der Waals surface area (Å²) in [5.74, 6) is -2.79. The molecule has 0 saturated carbocycles. The van der Waals surface area contributed by atoms with Crippen LogP contribution in [0.4, 0.5) is 13.6 Å². The minimum absolute atomic E-state index is 0.177. The SMILES string of the molecule is O=C1OC(c2ccccc2)(c2ccccc2)C(c2ccccc2)N1C(=O)C1CC(CI)OC1(F)F. The Hall–Kier alpha value is -2.85. The molecule has 5 nitrogen and oxygen atoms in total. The highest BCUT2D eigenvalue weighted by Crippen LogP contribution is 2.54. The number of ether oxygens (including phenoxy) is 2. The zero-order chi connectivity index (χ0) is 24.6. The molecule has 0 spiro atoms. The molecule has 2 aliphatic rings. The summed E-state index contributed by atoms with van der Waals surface area (Å²) in [7, 11) is 0. The number of imide groups is 1. The summed E-state index contributed by atoms with van der Waals surface area (Å²) in [6, 6.07) is 26.0. The molecule has 2 fully saturated rings. The first kappa shape index (κ1) is 23.9. The fourth-order valence-electron chi connectivity index (χ4n) is 5.00. The number of hydrogen-bond donors (Lipinski definition) is 0. The number of hydrogen-bond acceptors (Lipinski definition) is 4. The predicted octanol–water partition coefficient (Wildman–Crippen LogP) is 6.08. The first-order valence-corrected chi connectivity index (χ1v) is 12.7. The van der Waals surface area contributed by atoms with Crippen molar-refractivity contribution >= 4 is 34.6 Å². The van der Waals surface area contributed by atoms with Crippen molar-refractivity contribution in [3.05, 3.63) is 108 Å². The van der Waals surface area contributed by atoms with Gasteiger partial charge >= 0.3 is 12.2 Å². The monoisotopic (exact) mass is 589 g/mol. The number of halogens is 3. The van der Waals surface area contributed by atoms with E-state index in [1.807, 2.05) is 89.3 Å². The lowest BCUT2D eigenvalue weighted by molar-refractivity contribution is -0.242. The highest BCUT2D eigenvalue weighted by atomic mass is 127. The molecular formula is C27H22F2INO4. The number of carbonyl (C=O) groups is 2. The maximum atomic E-state index is 14.8. The zero-order valence-electron chi connectivity index (χ0n) is 18.5. The lowest BCUT2D eigenvalue weighted by Crippen LogP contribution is -2.45. The van der Waals surface area contributed by atoms with E-state index in [1.165, 1.54) is 0 Å². The Morgan fingerprint density at radius 1 is 0.914 bits per heavy atom. The van der Waals surface area contributed by atoms with E-state index in [0.717, 1.165) is 4.90 Å². The average Bonchev–Trinajstić information content (AvgIpc) is 3.38. The first-order chi connectivity index (χ1) is 16.9. The minimum atomic E-state index is -3.68. The van der Waals surface area contributed by atoms with Gasteiger partial charge in [-0.15, -0.1) is 0 Å². The highest BCUT2D eigenvalue weighted by molar-refractivity contribution is 14.1. The molecule has 0 aliphatic carbocycles. The van der Waals surface area contributed by atoms with E-state index in [1.54, 1.807) is 24.3 Å². The molecule has 0 aromatic heterocycles. The number of benzene rings is 3. The largest absolute Gasteiger partial charge is 0.430 e. The Labute approximate surface area is 215 Å². The van der Waals surface area contributed by atoms with Crippen LogP contribution in [-0.4, -0.2) is 33.5 Å². The summed E-state index contributed by atoms with van der Waals surface area (Å²) in [6.07, 6.45) is -5.60. The maximum absolute atomic E-state index is 14.8. The standard InChI is InChI=1S/C27H22F2INO4/c28-27(29)22(16-21(17-30)34-27)24(32)31-23(18-10-4-1-5-11-18)26(35-25(31)33,19-12-6-2-7-13-19)20-14-8-3-9-15-20/h1-15,21-23H,16-17H2. The second-order valence-electron chi connectivity index (χ2n) is 8.60. The van der Waals surface area contributed by atoms with Gasteiger partial charge in [-0.1, -0.05) is 114 Å². The van der Waals surface area contributed by atoms with Crippen LogP contribution in [0.2, 0.25) is 0 Å². The Morgan fingerprint density at radius 3 is 1.91 bits per heavy atom. The Morgan fingerprint density at radius 2 is 1.43 bits per heavy atom. The third-order valence-electron chi connectivity index (χ3n) is 6.54. The van der Waals surface area contributed by atoms with E-state index in [9.17, 15) is 18.4 Å². The number of amides is 2. The summed E-state index contributed by atoms with van der Waals surface area (Å²) < 4.78 is 40.9. The van der Waals surface area contributed by atoms with E-state index in [4.69, 9.17) is 9.47 Å². The molecule has 2 heterocycles. The molecule has 2 amide bonds. The molecule has 2 saturated heterocycles. The van der Waals surface area contributed by atoms with Crippen molar-refractivity contribution < 1.29 is 27.8 Å². The van der Waals surface area contributed by atoms with Crippen molar-refractivity contribution in [1.82, 2.24) is 4.90 Å². The van der Waals surface area contributed by atoms with Gasteiger partial charge in [0.2, 0.25) is 5.91 Å². The summed E-state index contributed by atoms with van der Waals surface area (Å²) >= 11 is 1.95. The smallest absolute Gasteiger partial charge is 0.418 e. The van der Waals surface area contributed by atoms with Gasteiger partial charge in [-0.05, 0) is 12.0 Å². The Balaban J connectivity index is 1.71. The van der Waals surface area contributed by atoms with Crippen LogP contribution in [0.25, 0.3) is 0 Å². The number of alkyl halides is 3. The topological polar surface area (TPSA) is 55.8 Å². The van der Waals surface area contributed by atoms with Crippen LogP contribution in [0.3, 0.4) is 0 Å². The quantitative estimate of drug-likeness (QED) is 0.268. The van der Waals surface area contributed by atoms with Crippen LogP contribution in [0.5, 0.6) is 0 Å². The van der Waals surface area contributed by atoms with Crippen LogP contribution >= 0.6 is 22.6 Å². The third-order valence-corrected chi connectivity index (χ3v) is 7.53. The lowest BCUT2D eigenvalue weighted by Gasteiger charge is -2.36. The number of cyclic esters (lactones) is 1.